The van der Waals surface area contributed by atoms with Gasteiger partial charge in [0.15, 0.2) is 0 Å². The Kier molecular flexibility index (Phi) is 21.0. The van der Waals surface area contributed by atoms with Crippen LogP contribution in [0.3, 0.4) is 0 Å². The summed E-state index contributed by atoms with van der Waals surface area (Å²) in [5, 5.41) is 7.00. The Balaban J connectivity index is 0. The predicted octanol–water partition coefficient (Wildman–Crippen LogP) is 6.34. The molecule has 25 heavy (non-hydrogen) atoms. The summed E-state index contributed by atoms with van der Waals surface area (Å²) in [6.07, 6.45) is 1.14. The monoisotopic (exact) mass is 336 g/mol. The number of hydrogen-bond acceptors (Lipinski definition) is 1. The van der Waals surface area contributed by atoms with Crippen molar-refractivity contribution >= 4 is 0 Å². The van der Waals surface area contributed by atoms with Gasteiger partial charge in [0, 0.05) is 7.11 Å². The summed E-state index contributed by atoms with van der Waals surface area (Å²) in [6.45, 7) is 10.2. The number of benzene rings is 3. The van der Waals surface area contributed by atoms with Crippen LogP contribution in [-0.4, -0.2) is 12.2 Å². The molecule has 1 heteroatoms. The molecule has 0 aliphatic heterocycles. The van der Waals surface area contributed by atoms with Gasteiger partial charge in [-0.25, -0.2) is 0 Å². The Labute approximate surface area is 154 Å². The van der Waals surface area contributed by atoms with Crippen molar-refractivity contribution in [3.8, 4) is 0 Å². The Morgan fingerprint density at radius 2 is 0.880 bits per heavy atom. The van der Waals surface area contributed by atoms with E-state index in [1.54, 1.807) is 0 Å². The molecule has 0 radical (unpaired) electrons. The van der Waals surface area contributed by atoms with Gasteiger partial charge in [0.2, 0.25) is 0 Å². The lowest BCUT2D eigenvalue weighted by Crippen LogP contribution is -1.73. The predicted molar refractivity (Wildman–Crippen MR) is 113 cm³/mol. The average Bonchev–Trinajstić information content (AvgIpc) is 2.74. The van der Waals surface area contributed by atoms with Gasteiger partial charge in [0.25, 0.3) is 0 Å². The van der Waals surface area contributed by atoms with E-state index in [1.807, 2.05) is 60.7 Å². The maximum atomic E-state index is 7.00. The standard InChI is InChI=1S/C8H10.C7H8.C6H6.C2H4.CH4O/c1-2-8-6-4-3-5-7-8;1-7-5-3-2-4-6-7;1-2-4-6-5-3-1;2*1-2/h3-7H,2H2,1H3;2-6H,1H3;1-6H;1-2H2;2H,1H3. The molecular formula is C24H32O. The van der Waals surface area contributed by atoms with Crippen LogP contribution in [0.1, 0.15) is 18.1 Å². The van der Waals surface area contributed by atoms with Gasteiger partial charge in [-0.1, -0.05) is 110 Å². The van der Waals surface area contributed by atoms with E-state index in [1.165, 1.54) is 11.1 Å². The molecule has 0 aliphatic carbocycles. The molecule has 1 N–H and O–H groups in total. The topological polar surface area (TPSA) is 20.2 Å². The van der Waals surface area contributed by atoms with E-state index in [-0.39, 0.29) is 0 Å². The molecule has 0 unspecified atom stereocenters. The van der Waals surface area contributed by atoms with Crippen molar-refractivity contribution in [1.82, 2.24) is 0 Å². The van der Waals surface area contributed by atoms with Crippen molar-refractivity contribution in [2.24, 2.45) is 0 Å². The molecule has 0 saturated heterocycles. The van der Waals surface area contributed by atoms with Crippen LogP contribution in [0.2, 0.25) is 0 Å². The Bertz CT molecular complexity index is 535. The van der Waals surface area contributed by atoms with Crippen LogP contribution >= 0.6 is 0 Å². The van der Waals surface area contributed by atoms with Crippen LogP contribution in [-0.2, 0) is 6.42 Å². The molecule has 0 atom stereocenters. The summed E-state index contributed by atoms with van der Waals surface area (Å²) >= 11 is 0. The minimum Gasteiger partial charge on any atom is -0.400 e. The maximum Gasteiger partial charge on any atom is 0.0319 e. The molecule has 0 spiro atoms. The van der Waals surface area contributed by atoms with Crippen molar-refractivity contribution < 1.29 is 5.11 Å². The van der Waals surface area contributed by atoms with Crippen LogP contribution in [0, 0.1) is 6.92 Å². The van der Waals surface area contributed by atoms with Crippen molar-refractivity contribution in [1.29, 1.82) is 0 Å². The molecule has 3 aromatic carbocycles. The largest absolute Gasteiger partial charge is 0.400 e. The van der Waals surface area contributed by atoms with Crippen LogP contribution in [0.5, 0.6) is 0 Å². The fraction of sp³-hybridized carbons (Fsp3) is 0.167. The first-order valence-corrected chi connectivity index (χ1v) is 8.33. The van der Waals surface area contributed by atoms with Gasteiger partial charge >= 0.3 is 0 Å². The average molecular weight is 337 g/mol. The van der Waals surface area contributed by atoms with Crippen molar-refractivity contribution in [3.05, 3.63) is 121 Å². The summed E-state index contributed by atoms with van der Waals surface area (Å²) < 4.78 is 0. The normalized spacial score (nSPS) is 7.68. The molecule has 0 saturated carbocycles. The van der Waals surface area contributed by atoms with Gasteiger partial charge in [-0.3, -0.25) is 0 Å². The minimum absolute atomic E-state index is 1.00. The lowest BCUT2D eigenvalue weighted by molar-refractivity contribution is 0.399. The van der Waals surface area contributed by atoms with Gasteiger partial charge in [-0.05, 0) is 18.9 Å². The smallest absolute Gasteiger partial charge is 0.0319 e. The van der Waals surface area contributed by atoms with Gasteiger partial charge < -0.3 is 5.11 Å². The molecule has 0 amide bonds. The second kappa shape index (κ2) is 21.4. The Morgan fingerprint density at radius 3 is 1.08 bits per heavy atom. The van der Waals surface area contributed by atoms with E-state index in [9.17, 15) is 0 Å². The third-order valence-electron chi connectivity index (χ3n) is 2.86. The molecule has 0 fully saturated rings. The van der Waals surface area contributed by atoms with Gasteiger partial charge in [0.05, 0.1) is 0 Å². The van der Waals surface area contributed by atoms with Crippen LogP contribution in [0.15, 0.2) is 110 Å². The fourth-order valence-corrected chi connectivity index (χ4v) is 1.63. The molecule has 3 rings (SSSR count). The van der Waals surface area contributed by atoms with Gasteiger partial charge in [0.1, 0.15) is 0 Å². The summed E-state index contributed by atoms with van der Waals surface area (Å²) in [6, 6.07) is 32.7. The quantitative estimate of drug-likeness (QED) is 0.514. The molecule has 3 aromatic rings. The van der Waals surface area contributed by atoms with Gasteiger partial charge in [-0.2, -0.15) is 0 Å². The third-order valence-corrected chi connectivity index (χ3v) is 2.86. The van der Waals surface area contributed by atoms with E-state index >= 15 is 0 Å². The van der Waals surface area contributed by atoms with E-state index in [0.29, 0.717) is 0 Å². The molecule has 0 heterocycles. The van der Waals surface area contributed by atoms with Crippen LogP contribution in [0.25, 0.3) is 0 Å². The summed E-state index contributed by atoms with van der Waals surface area (Å²) in [5.74, 6) is 0. The van der Waals surface area contributed by atoms with Crippen molar-refractivity contribution in [2.75, 3.05) is 7.11 Å². The highest BCUT2D eigenvalue weighted by Gasteiger charge is 1.80. The lowest BCUT2D eigenvalue weighted by atomic mass is 10.2. The molecule has 1 nitrogen and oxygen atoms in total. The second-order valence-corrected chi connectivity index (χ2v) is 4.65. The number of hydrogen-bond donors (Lipinski definition) is 1. The highest BCUT2D eigenvalue weighted by molar-refractivity contribution is 5.14. The molecule has 0 aromatic heterocycles. The number of aliphatic hydroxyl groups is 1. The first-order chi connectivity index (χ1) is 12.3. The van der Waals surface area contributed by atoms with E-state index in [2.05, 4.69) is 63.4 Å². The SMILES string of the molecule is C=C.CCc1ccccc1.CO.Cc1ccccc1.c1ccccc1. The first-order valence-electron chi connectivity index (χ1n) is 8.33. The molecule has 0 bridgehead atoms. The summed E-state index contributed by atoms with van der Waals surface area (Å²) in [4.78, 5) is 0. The Morgan fingerprint density at radius 1 is 0.600 bits per heavy atom. The number of aryl methyl sites for hydroxylation is 2. The lowest BCUT2D eigenvalue weighted by Gasteiger charge is -1.89. The zero-order valence-electron chi connectivity index (χ0n) is 15.8. The van der Waals surface area contributed by atoms with Crippen LogP contribution < -0.4 is 0 Å². The zero-order valence-corrected chi connectivity index (χ0v) is 15.8. The molecule has 0 aliphatic rings. The maximum absolute atomic E-state index is 7.00. The van der Waals surface area contributed by atoms with E-state index in [0.717, 1.165) is 13.5 Å². The third kappa shape index (κ3) is 17.5. The Hall–Kier alpha value is -2.64. The summed E-state index contributed by atoms with van der Waals surface area (Å²) in [7, 11) is 1.00. The van der Waals surface area contributed by atoms with E-state index in [4.69, 9.17) is 5.11 Å². The van der Waals surface area contributed by atoms with Gasteiger partial charge in [-0.15, -0.1) is 13.2 Å². The first kappa shape index (κ1) is 24.6. The molecule has 134 valence electrons. The number of rotatable bonds is 1. The van der Waals surface area contributed by atoms with Crippen LogP contribution in [0.4, 0.5) is 0 Å². The zero-order chi connectivity index (χ0) is 19.2. The second-order valence-electron chi connectivity index (χ2n) is 4.65. The summed E-state index contributed by atoms with van der Waals surface area (Å²) in [5.41, 5.74) is 2.73. The highest BCUT2D eigenvalue weighted by Crippen LogP contribution is 1.96. The minimum atomic E-state index is 1.00. The van der Waals surface area contributed by atoms with E-state index < -0.39 is 0 Å². The highest BCUT2D eigenvalue weighted by atomic mass is 16.2. The number of aliphatic hydroxyl groups excluding tert-OH is 1. The van der Waals surface area contributed by atoms with Crippen molar-refractivity contribution in [3.63, 3.8) is 0 Å². The van der Waals surface area contributed by atoms with Crippen molar-refractivity contribution in [2.45, 2.75) is 20.3 Å². The fourth-order valence-electron chi connectivity index (χ4n) is 1.63. The molecular weight excluding hydrogens is 304 g/mol.